The summed E-state index contributed by atoms with van der Waals surface area (Å²) in [5.41, 5.74) is 1.69. The Bertz CT molecular complexity index is 654. The maximum Gasteiger partial charge on any atom is 0.186 e. The number of thiophene rings is 1. The van der Waals surface area contributed by atoms with Crippen LogP contribution in [-0.4, -0.2) is 24.3 Å². The molecule has 2 rings (SSSR count). The quantitative estimate of drug-likeness (QED) is 0.792. The lowest BCUT2D eigenvalue weighted by Gasteiger charge is -2.15. The van der Waals surface area contributed by atoms with Gasteiger partial charge in [-0.25, -0.2) is 0 Å². The summed E-state index contributed by atoms with van der Waals surface area (Å²) in [5, 5.41) is 8.88. The van der Waals surface area contributed by atoms with Crippen molar-refractivity contribution in [1.29, 1.82) is 5.26 Å². The van der Waals surface area contributed by atoms with Crippen LogP contribution in [0.4, 0.5) is 0 Å². The maximum absolute atomic E-state index is 12.1. The number of benzene rings is 1. The number of ketones is 1. The first-order valence-electron chi connectivity index (χ1n) is 6.35. The van der Waals surface area contributed by atoms with Crippen LogP contribution >= 0.6 is 11.3 Å². The largest absolute Gasteiger partial charge is 0.295 e. The van der Waals surface area contributed by atoms with Crippen molar-refractivity contribution in [3.63, 3.8) is 0 Å². The monoisotopic (exact) mass is 284 g/mol. The summed E-state index contributed by atoms with van der Waals surface area (Å²) < 4.78 is 0. The Labute approximate surface area is 123 Å². The first-order chi connectivity index (χ1) is 9.58. The molecule has 0 unspecified atom stereocenters. The van der Waals surface area contributed by atoms with Gasteiger partial charge in [-0.15, -0.1) is 11.3 Å². The summed E-state index contributed by atoms with van der Waals surface area (Å²) in [5.74, 6) is 0.141. The number of carbonyl (C=O) groups is 1. The highest BCUT2D eigenvalue weighted by molar-refractivity contribution is 7.14. The number of nitriles is 1. The fraction of sp³-hybridized carbons (Fsp3) is 0.250. The maximum atomic E-state index is 12.1. The average Bonchev–Trinajstić information content (AvgIpc) is 2.85. The first kappa shape index (κ1) is 14.4. The fourth-order valence-corrected chi connectivity index (χ4v) is 2.81. The lowest BCUT2D eigenvalue weighted by molar-refractivity contribution is 0.0947. The normalized spacial score (nSPS) is 10.5. The molecular formula is C16H16N2OS. The minimum absolute atomic E-state index is 0.141. The number of aryl methyl sites for hydroxylation is 1. The molecule has 0 spiro atoms. The smallest absolute Gasteiger partial charge is 0.186 e. The van der Waals surface area contributed by atoms with Crippen molar-refractivity contribution in [2.45, 2.75) is 13.5 Å². The van der Waals surface area contributed by atoms with Crippen molar-refractivity contribution in [1.82, 2.24) is 4.90 Å². The number of hydrogen-bond donors (Lipinski definition) is 0. The summed E-state index contributed by atoms with van der Waals surface area (Å²) in [7, 11) is 1.91. The van der Waals surface area contributed by atoms with Crippen molar-refractivity contribution in [3.05, 3.63) is 57.3 Å². The van der Waals surface area contributed by atoms with E-state index in [1.54, 1.807) is 6.07 Å². The van der Waals surface area contributed by atoms with Crippen LogP contribution in [0.5, 0.6) is 0 Å². The van der Waals surface area contributed by atoms with Crippen molar-refractivity contribution >= 4 is 17.1 Å². The number of Topliss-reactive ketones (excluding diaryl/α,β-unsaturated/α-hetero) is 1. The van der Waals surface area contributed by atoms with Crippen molar-refractivity contribution < 1.29 is 4.79 Å². The van der Waals surface area contributed by atoms with Crippen molar-refractivity contribution in [2.24, 2.45) is 0 Å². The third kappa shape index (κ3) is 3.77. The highest BCUT2D eigenvalue weighted by Gasteiger charge is 2.11. The predicted octanol–water partition coefficient (Wildman–Crippen LogP) is 3.24. The van der Waals surface area contributed by atoms with Crippen LogP contribution in [0.1, 0.15) is 25.7 Å². The predicted molar refractivity (Wildman–Crippen MR) is 80.9 cm³/mol. The van der Waals surface area contributed by atoms with E-state index in [1.165, 1.54) is 11.3 Å². The van der Waals surface area contributed by atoms with E-state index in [0.717, 1.165) is 15.3 Å². The van der Waals surface area contributed by atoms with Gasteiger partial charge < -0.3 is 0 Å². The molecule has 0 saturated carbocycles. The highest BCUT2D eigenvalue weighted by atomic mass is 32.1. The third-order valence-electron chi connectivity index (χ3n) is 2.94. The van der Waals surface area contributed by atoms with Crippen LogP contribution < -0.4 is 0 Å². The zero-order valence-corrected chi connectivity index (χ0v) is 12.4. The van der Waals surface area contributed by atoms with Gasteiger partial charge >= 0.3 is 0 Å². The van der Waals surface area contributed by atoms with Gasteiger partial charge in [-0.05, 0) is 43.8 Å². The second-order valence-electron chi connectivity index (χ2n) is 4.82. The van der Waals surface area contributed by atoms with Crippen LogP contribution in [0.25, 0.3) is 0 Å². The molecule has 4 heteroatoms. The molecule has 0 N–H and O–H groups in total. The van der Waals surface area contributed by atoms with Gasteiger partial charge in [-0.1, -0.05) is 12.1 Å². The minimum Gasteiger partial charge on any atom is -0.295 e. The van der Waals surface area contributed by atoms with Gasteiger partial charge in [0, 0.05) is 11.4 Å². The van der Waals surface area contributed by atoms with Gasteiger partial charge in [0.1, 0.15) is 0 Å². The topological polar surface area (TPSA) is 44.1 Å². The highest BCUT2D eigenvalue weighted by Crippen LogP contribution is 2.16. The molecule has 0 atom stereocenters. The molecule has 0 amide bonds. The molecule has 3 nitrogen and oxygen atoms in total. The molecule has 0 radical (unpaired) electrons. The molecular weight excluding hydrogens is 268 g/mol. The Kier molecular flexibility index (Phi) is 4.67. The molecule has 1 aromatic carbocycles. The van der Waals surface area contributed by atoms with Crippen LogP contribution in [0.15, 0.2) is 36.4 Å². The van der Waals surface area contributed by atoms with Gasteiger partial charge in [0.2, 0.25) is 0 Å². The number of likely N-dealkylation sites (N-methyl/N-ethyl adjacent to an activating group) is 1. The average molecular weight is 284 g/mol. The summed E-state index contributed by atoms with van der Waals surface area (Å²) in [6.45, 7) is 3.04. The summed E-state index contributed by atoms with van der Waals surface area (Å²) in [6, 6.07) is 13.4. The van der Waals surface area contributed by atoms with Gasteiger partial charge in [-0.3, -0.25) is 9.69 Å². The Hall–Kier alpha value is -1.96. The zero-order valence-electron chi connectivity index (χ0n) is 11.6. The summed E-state index contributed by atoms with van der Waals surface area (Å²) in [6.07, 6.45) is 0. The van der Waals surface area contributed by atoms with Gasteiger partial charge in [0.15, 0.2) is 5.78 Å². The second kappa shape index (κ2) is 6.47. The van der Waals surface area contributed by atoms with Crippen molar-refractivity contribution in [3.8, 4) is 6.07 Å². The molecule has 0 aliphatic carbocycles. The van der Waals surface area contributed by atoms with E-state index >= 15 is 0 Å². The lowest BCUT2D eigenvalue weighted by Crippen LogP contribution is -2.25. The van der Waals surface area contributed by atoms with Crippen LogP contribution in [0, 0.1) is 18.3 Å². The summed E-state index contributed by atoms with van der Waals surface area (Å²) in [4.78, 5) is 16.0. The molecule has 2 aromatic rings. The first-order valence-corrected chi connectivity index (χ1v) is 7.17. The van der Waals surface area contributed by atoms with Crippen molar-refractivity contribution in [2.75, 3.05) is 13.6 Å². The van der Waals surface area contributed by atoms with E-state index in [2.05, 4.69) is 6.07 Å². The third-order valence-corrected chi connectivity index (χ3v) is 3.98. The molecule has 1 aromatic heterocycles. The Morgan fingerprint density at radius 3 is 2.80 bits per heavy atom. The Morgan fingerprint density at radius 2 is 2.15 bits per heavy atom. The molecule has 0 aliphatic heterocycles. The summed E-state index contributed by atoms with van der Waals surface area (Å²) >= 11 is 1.53. The zero-order chi connectivity index (χ0) is 14.5. The van der Waals surface area contributed by atoms with E-state index < -0.39 is 0 Å². The second-order valence-corrected chi connectivity index (χ2v) is 6.11. The van der Waals surface area contributed by atoms with E-state index in [4.69, 9.17) is 5.26 Å². The fourth-order valence-electron chi connectivity index (χ4n) is 2.01. The standard InChI is InChI=1S/C16H16N2OS/c1-12-6-7-16(20-12)15(19)11-18(2)10-14-5-3-4-13(8-14)9-17/h3-8H,10-11H2,1-2H3. The SMILES string of the molecule is Cc1ccc(C(=O)CN(C)Cc2cccc(C#N)c2)s1. The minimum atomic E-state index is 0.141. The van der Waals surface area contributed by atoms with Crippen LogP contribution in [0.2, 0.25) is 0 Å². The van der Waals surface area contributed by atoms with Gasteiger partial charge in [-0.2, -0.15) is 5.26 Å². The van der Waals surface area contributed by atoms with Gasteiger partial charge in [0.25, 0.3) is 0 Å². The number of carbonyl (C=O) groups excluding carboxylic acids is 1. The molecule has 20 heavy (non-hydrogen) atoms. The van der Waals surface area contributed by atoms with E-state index in [0.29, 0.717) is 18.7 Å². The van der Waals surface area contributed by atoms with E-state index in [9.17, 15) is 4.79 Å². The van der Waals surface area contributed by atoms with E-state index in [1.807, 2.05) is 49.2 Å². The lowest BCUT2D eigenvalue weighted by atomic mass is 10.1. The molecule has 0 bridgehead atoms. The molecule has 0 fully saturated rings. The molecule has 0 aliphatic rings. The number of nitrogens with zero attached hydrogens (tertiary/aromatic N) is 2. The Balaban J connectivity index is 1.97. The number of hydrogen-bond acceptors (Lipinski definition) is 4. The number of rotatable bonds is 5. The molecule has 1 heterocycles. The van der Waals surface area contributed by atoms with E-state index in [-0.39, 0.29) is 5.78 Å². The van der Waals surface area contributed by atoms with Crippen LogP contribution in [-0.2, 0) is 6.54 Å². The molecule has 102 valence electrons. The van der Waals surface area contributed by atoms with Crippen LogP contribution in [0.3, 0.4) is 0 Å². The Morgan fingerprint density at radius 1 is 1.35 bits per heavy atom. The molecule has 0 saturated heterocycles. The van der Waals surface area contributed by atoms with Gasteiger partial charge in [0.05, 0.1) is 23.1 Å².